The van der Waals surface area contributed by atoms with Gasteiger partial charge in [-0.15, -0.1) is 0 Å². The molecule has 0 unspecified atom stereocenters. The summed E-state index contributed by atoms with van der Waals surface area (Å²) in [7, 11) is -3.77. The maximum atomic E-state index is 13.0. The predicted molar refractivity (Wildman–Crippen MR) is 90.9 cm³/mol. The third kappa shape index (κ3) is 2.61. The minimum absolute atomic E-state index is 0.0362. The molecule has 0 radical (unpaired) electrons. The fourth-order valence-electron chi connectivity index (χ4n) is 2.78. The number of sulfonamides is 1. The van der Waals surface area contributed by atoms with E-state index in [4.69, 9.17) is 23.2 Å². The molecule has 2 aromatic rings. The topological polar surface area (TPSA) is 42.3 Å². The van der Waals surface area contributed by atoms with E-state index in [1.165, 1.54) is 16.4 Å². The number of aromatic nitrogens is 1. The monoisotopic (exact) mass is 422 g/mol. The molecule has 3 rings (SSSR count). The number of nitrogens with zero attached hydrogens (tertiary/aromatic N) is 2. The Labute approximate surface area is 147 Å². The van der Waals surface area contributed by atoms with Gasteiger partial charge in [0, 0.05) is 29.5 Å². The van der Waals surface area contributed by atoms with Gasteiger partial charge in [-0.2, -0.15) is 4.31 Å². The first kappa shape index (κ1) is 16.3. The van der Waals surface area contributed by atoms with Crippen molar-refractivity contribution in [3.8, 4) is 0 Å². The molecule has 1 aliphatic heterocycles. The Morgan fingerprint density at radius 1 is 1.23 bits per heavy atom. The molecule has 8 heteroatoms. The standard InChI is InChI=1S/C14H13BrCl2N2O2S/c1-9-13-3-2-4-18(13)5-6-19(9)22(20,21)14-11(16)7-10(15)8-12(14)17/h2-4,7-9H,5-6H2,1H3/t9-/m1/s1. The van der Waals surface area contributed by atoms with Crippen molar-refractivity contribution in [1.29, 1.82) is 0 Å². The molecule has 0 saturated carbocycles. The van der Waals surface area contributed by atoms with E-state index in [1.807, 2.05) is 25.3 Å². The normalized spacial score (nSPS) is 19.2. The van der Waals surface area contributed by atoms with Gasteiger partial charge < -0.3 is 4.57 Å². The zero-order chi connectivity index (χ0) is 16.1. The molecule has 0 spiro atoms. The van der Waals surface area contributed by atoms with Crippen molar-refractivity contribution >= 4 is 49.2 Å². The summed E-state index contributed by atoms with van der Waals surface area (Å²) in [5, 5.41) is 0.236. The van der Waals surface area contributed by atoms with Crippen molar-refractivity contribution in [2.75, 3.05) is 6.54 Å². The molecule has 22 heavy (non-hydrogen) atoms. The van der Waals surface area contributed by atoms with Crippen LogP contribution in [0.2, 0.25) is 10.0 Å². The van der Waals surface area contributed by atoms with Crippen molar-refractivity contribution in [3.05, 3.63) is 50.7 Å². The molecule has 1 aromatic heterocycles. The molecular weight excluding hydrogens is 411 g/mol. The zero-order valence-electron chi connectivity index (χ0n) is 11.6. The Balaban J connectivity index is 2.09. The molecule has 1 aliphatic rings. The lowest BCUT2D eigenvalue weighted by Gasteiger charge is -2.34. The second kappa shape index (κ2) is 5.83. The summed E-state index contributed by atoms with van der Waals surface area (Å²) in [6.45, 7) is 2.86. The molecule has 0 fully saturated rings. The molecule has 0 bridgehead atoms. The molecule has 1 atom stereocenters. The van der Waals surface area contributed by atoms with Crippen molar-refractivity contribution < 1.29 is 8.42 Å². The molecule has 0 saturated heterocycles. The van der Waals surface area contributed by atoms with Crippen molar-refractivity contribution in [2.24, 2.45) is 0 Å². The van der Waals surface area contributed by atoms with Gasteiger partial charge in [-0.1, -0.05) is 39.1 Å². The van der Waals surface area contributed by atoms with Gasteiger partial charge in [-0.05, 0) is 31.2 Å². The number of hydrogen-bond acceptors (Lipinski definition) is 2. The van der Waals surface area contributed by atoms with Crippen molar-refractivity contribution in [3.63, 3.8) is 0 Å². The first-order valence-electron chi connectivity index (χ1n) is 6.64. The van der Waals surface area contributed by atoms with E-state index in [-0.39, 0.29) is 21.0 Å². The quantitative estimate of drug-likeness (QED) is 0.721. The van der Waals surface area contributed by atoms with E-state index in [0.29, 0.717) is 17.6 Å². The third-order valence-electron chi connectivity index (χ3n) is 3.82. The Bertz CT molecular complexity index is 812. The van der Waals surface area contributed by atoms with Gasteiger partial charge in [-0.3, -0.25) is 0 Å². The van der Waals surface area contributed by atoms with E-state index >= 15 is 0 Å². The van der Waals surface area contributed by atoms with E-state index in [2.05, 4.69) is 20.5 Å². The van der Waals surface area contributed by atoms with E-state index in [9.17, 15) is 8.42 Å². The molecule has 0 amide bonds. The third-order valence-corrected chi connectivity index (χ3v) is 7.17. The van der Waals surface area contributed by atoms with Gasteiger partial charge in [0.1, 0.15) is 4.90 Å². The summed E-state index contributed by atoms with van der Waals surface area (Å²) in [5.41, 5.74) is 0.958. The summed E-state index contributed by atoms with van der Waals surface area (Å²) in [6.07, 6.45) is 1.95. The van der Waals surface area contributed by atoms with Crippen LogP contribution in [0.15, 0.2) is 39.8 Å². The molecule has 2 heterocycles. The molecule has 4 nitrogen and oxygen atoms in total. The van der Waals surface area contributed by atoms with Crippen molar-refractivity contribution in [1.82, 2.24) is 8.87 Å². The Morgan fingerprint density at radius 2 is 1.86 bits per heavy atom. The average molecular weight is 424 g/mol. The van der Waals surface area contributed by atoms with Gasteiger partial charge in [0.25, 0.3) is 0 Å². The maximum Gasteiger partial charge on any atom is 0.246 e. The van der Waals surface area contributed by atoms with Crippen LogP contribution in [0, 0.1) is 0 Å². The van der Waals surface area contributed by atoms with Gasteiger partial charge in [0.05, 0.1) is 16.1 Å². The molecular formula is C14H13BrCl2N2O2S. The van der Waals surface area contributed by atoms with Crippen LogP contribution in [-0.4, -0.2) is 23.8 Å². The number of rotatable bonds is 2. The van der Waals surface area contributed by atoms with Gasteiger partial charge >= 0.3 is 0 Å². The van der Waals surface area contributed by atoms with Gasteiger partial charge in [0.15, 0.2) is 0 Å². The molecule has 1 aromatic carbocycles. The highest BCUT2D eigenvalue weighted by Crippen LogP contribution is 2.38. The van der Waals surface area contributed by atoms with Crippen LogP contribution in [0.4, 0.5) is 0 Å². The predicted octanol–water partition coefficient (Wildman–Crippen LogP) is 4.32. The number of halogens is 3. The van der Waals surface area contributed by atoms with Crippen LogP contribution in [0.3, 0.4) is 0 Å². The zero-order valence-corrected chi connectivity index (χ0v) is 15.5. The van der Waals surface area contributed by atoms with Gasteiger partial charge in [-0.25, -0.2) is 8.42 Å². The van der Waals surface area contributed by atoms with E-state index < -0.39 is 10.0 Å². The Hall–Kier alpha value is -0.530. The summed E-state index contributed by atoms with van der Waals surface area (Å²) in [4.78, 5) is -0.0362. The Kier molecular flexibility index (Phi) is 4.33. The lowest BCUT2D eigenvalue weighted by molar-refractivity contribution is 0.282. The first-order valence-corrected chi connectivity index (χ1v) is 9.62. The lowest BCUT2D eigenvalue weighted by atomic mass is 10.2. The highest BCUT2D eigenvalue weighted by Gasteiger charge is 2.36. The number of hydrogen-bond donors (Lipinski definition) is 0. The highest BCUT2D eigenvalue weighted by molar-refractivity contribution is 9.10. The molecule has 0 N–H and O–H groups in total. The fraction of sp³-hybridized carbons (Fsp3) is 0.286. The number of fused-ring (bicyclic) bond motifs is 1. The van der Waals surface area contributed by atoms with Crippen molar-refractivity contribution in [2.45, 2.75) is 24.4 Å². The second-order valence-corrected chi connectivity index (χ2v) is 8.67. The van der Waals surface area contributed by atoms with Crippen LogP contribution in [0.5, 0.6) is 0 Å². The minimum atomic E-state index is -3.77. The van der Waals surface area contributed by atoms with Crippen LogP contribution >= 0.6 is 39.1 Å². The largest absolute Gasteiger partial charge is 0.349 e. The van der Waals surface area contributed by atoms with E-state index in [0.717, 1.165) is 5.69 Å². The van der Waals surface area contributed by atoms with Crippen LogP contribution < -0.4 is 0 Å². The maximum absolute atomic E-state index is 13.0. The molecule has 118 valence electrons. The van der Waals surface area contributed by atoms with Crippen LogP contribution in [0.25, 0.3) is 0 Å². The Morgan fingerprint density at radius 3 is 2.50 bits per heavy atom. The van der Waals surface area contributed by atoms with Crippen LogP contribution in [0.1, 0.15) is 18.7 Å². The number of benzene rings is 1. The summed E-state index contributed by atoms with van der Waals surface area (Å²) in [6, 6.07) is 6.65. The fourth-order valence-corrected chi connectivity index (χ4v) is 6.26. The molecule has 0 aliphatic carbocycles. The average Bonchev–Trinajstić information content (AvgIpc) is 2.86. The van der Waals surface area contributed by atoms with Crippen LogP contribution in [-0.2, 0) is 16.6 Å². The summed E-state index contributed by atoms with van der Waals surface area (Å²) < 4.78 is 30.2. The highest BCUT2D eigenvalue weighted by atomic mass is 79.9. The minimum Gasteiger partial charge on any atom is -0.349 e. The second-order valence-electron chi connectivity index (χ2n) is 5.12. The van der Waals surface area contributed by atoms with Gasteiger partial charge in [0.2, 0.25) is 10.0 Å². The van der Waals surface area contributed by atoms with E-state index in [1.54, 1.807) is 0 Å². The smallest absolute Gasteiger partial charge is 0.246 e. The lowest BCUT2D eigenvalue weighted by Crippen LogP contribution is -2.40. The summed E-state index contributed by atoms with van der Waals surface area (Å²) in [5.74, 6) is 0. The summed E-state index contributed by atoms with van der Waals surface area (Å²) >= 11 is 15.5. The first-order chi connectivity index (χ1) is 10.3. The SMILES string of the molecule is C[C@@H]1c2cccn2CCN1S(=O)(=O)c1c(Cl)cc(Br)cc1Cl.